The number of carbonyl (C=O) groups is 1. The molecule has 0 unspecified atom stereocenters. The van der Waals surface area contributed by atoms with E-state index in [4.69, 9.17) is 16.0 Å². The normalized spacial score (nSPS) is 11.4. The number of nitrogens with one attached hydrogen (secondary N) is 1. The number of benzene rings is 2. The molecule has 0 spiro atoms. The fourth-order valence-corrected chi connectivity index (χ4v) is 4.24. The molecule has 0 radical (unpaired) electrons. The van der Waals surface area contributed by atoms with E-state index in [0.29, 0.717) is 10.9 Å². The first-order chi connectivity index (χ1) is 13.7. The van der Waals surface area contributed by atoms with Gasteiger partial charge in [-0.15, -0.1) is 5.10 Å². The summed E-state index contributed by atoms with van der Waals surface area (Å²) in [5.74, 6) is -0.241. The topological polar surface area (TPSA) is 102 Å². The fourth-order valence-electron chi connectivity index (χ4n) is 2.80. The van der Waals surface area contributed by atoms with Crippen molar-refractivity contribution in [2.24, 2.45) is 0 Å². The first kappa shape index (κ1) is 21.0. The Balaban J connectivity index is 1.55. The zero-order chi connectivity index (χ0) is 21.0. The van der Waals surface area contributed by atoms with Gasteiger partial charge in [0.1, 0.15) is 0 Å². The van der Waals surface area contributed by atoms with E-state index in [1.807, 2.05) is 32.0 Å². The van der Waals surface area contributed by atoms with Gasteiger partial charge in [0.15, 0.2) is 9.84 Å². The highest BCUT2D eigenvalue weighted by molar-refractivity contribution is 7.91. The molecule has 1 heterocycles. The molecule has 2 aromatic carbocycles. The Morgan fingerprint density at radius 1 is 1.10 bits per heavy atom. The summed E-state index contributed by atoms with van der Waals surface area (Å²) in [6, 6.07) is 11.7. The molecule has 0 fully saturated rings. The van der Waals surface area contributed by atoms with E-state index in [9.17, 15) is 13.2 Å². The molecule has 0 aliphatic rings. The Morgan fingerprint density at radius 3 is 2.52 bits per heavy atom. The zero-order valence-electron chi connectivity index (χ0n) is 16.0. The largest absolute Gasteiger partial charge is 0.403 e. The van der Waals surface area contributed by atoms with Crippen LogP contribution in [0.25, 0.3) is 11.5 Å². The van der Waals surface area contributed by atoms with Crippen molar-refractivity contribution in [2.45, 2.75) is 31.6 Å². The summed E-state index contributed by atoms with van der Waals surface area (Å²) in [5, 5.41) is 10.8. The number of carbonyl (C=O) groups excluding carboxylic acids is 1. The van der Waals surface area contributed by atoms with Gasteiger partial charge in [0.25, 0.3) is 0 Å². The van der Waals surface area contributed by atoms with Crippen molar-refractivity contribution in [3.05, 3.63) is 58.6 Å². The quantitative estimate of drug-likeness (QED) is 0.599. The van der Waals surface area contributed by atoms with E-state index >= 15 is 0 Å². The molecule has 9 heteroatoms. The lowest BCUT2D eigenvalue weighted by molar-refractivity contribution is -0.116. The number of rotatable bonds is 7. The van der Waals surface area contributed by atoms with Gasteiger partial charge in [0, 0.05) is 17.0 Å². The summed E-state index contributed by atoms with van der Waals surface area (Å²) >= 11 is 5.77. The number of amides is 1. The summed E-state index contributed by atoms with van der Waals surface area (Å²) < 4.78 is 30.1. The van der Waals surface area contributed by atoms with Crippen LogP contribution in [0.15, 0.2) is 51.8 Å². The molecule has 152 valence electrons. The van der Waals surface area contributed by atoms with Crippen LogP contribution < -0.4 is 5.32 Å². The summed E-state index contributed by atoms with van der Waals surface area (Å²) in [7, 11) is -3.48. The summed E-state index contributed by atoms with van der Waals surface area (Å²) in [4.78, 5) is 12.3. The predicted molar refractivity (Wildman–Crippen MR) is 111 cm³/mol. The van der Waals surface area contributed by atoms with Crippen molar-refractivity contribution >= 4 is 33.4 Å². The molecule has 3 aromatic rings. The standard InChI is InChI=1S/C20H20ClN3O4S/c1-13-5-10-17(14(2)12-13)19-23-24-20(28-19)22-18(25)4-3-11-29(26,27)16-8-6-15(21)7-9-16/h5-10,12H,3-4,11H2,1-2H3,(H,22,24,25). The minimum absolute atomic E-state index is 0.00803. The van der Waals surface area contributed by atoms with Gasteiger partial charge in [-0.25, -0.2) is 8.42 Å². The number of aryl methyl sites for hydroxylation is 2. The van der Waals surface area contributed by atoms with Gasteiger partial charge >= 0.3 is 6.01 Å². The van der Waals surface area contributed by atoms with Gasteiger partial charge in [0.05, 0.1) is 10.6 Å². The third kappa shape index (κ3) is 5.42. The van der Waals surface area contributed by atoms with Crippen LogP contribution in [0.4, 0.5) is 6.01 Å². The predicted octanol–water partition coefficient (Wildman–Crippen LogP) is 4.20. The highest BCUT2D eigenvalue weighted by Gasteiger charge is 2.16. The van der Waals surface area contributed by atoms with Crippen molar-refractivity contribution in [1.29, 1.82) is 0 Å². The summed E-state index contributed by atoms with van der Waals surface area (Å²) in [6.07, 6.45) is 0.170. The van der Waals surface area contributed by atoms with Crippen LogP contribution in [0.3, 0.4) is 0 Å². The van der Waals surface area contributed by atoms with Gasteiger partial charge in [0.2, 0.25) is 11.8 Å². The number of nitrogens with zero attached hydrogens (tertiary/aromatic N) is 2. The van der Waals surface area contributed by atoms with E-state index in [1.165, 1.54) is 24.3 Å². The van der Waals surface area contributed by atoms with Crippen molar-refractivity contribution in [3.63, 3.8) is 0 Å². The van der Waals surface area contributed by atoms with E-state index in [-0.39, 0.29) is 29.5 Å². The van der Waals surface area contributed by atoms with Gasteiger partial charge < -0.3 is 4.42 Å². The second-order valence-corrected chi connectivity index (χ2v) is 9.20. The number of hydrogen-bond donors (Lipinski definition) is 1. The van der Waals surface area contributed by atoms with Gasteiger partial charge in [-0.1, -0.05) is 34.4 Å². The van der Waals surface area contributed by atoms with Gasteiger partial charge in [-0.3, -0.25) is 10.1 Å². The third-order valence-electron chi connectivity index (χ3n) is 4.27. The number of anilines is 1. The Kier molecular flexibility index (Phi) is 6.34. The van der Waals surface area contributed by atoms with Gasteiger partial charge in [-0.05, 0) is 56.2 Å². The van der Waals surface area contributed by atoms with E-state index in [1.54, 1.807) is 0 Å². The van der Waals surface area contributed by atoms with Crippen molar-refractivity contribution in [3.8, 4) is 11.5 Å². The lowest BCUT2D eigenvalue weighted by Gasteiger charge is -2.04. The van der Waals surface area contributed by atoms with Crippen molar-refractivity contribution in [1.82, 2.24) is 10.2 Å². The molecule has 0 saturated heterocycles. The van der Waals surface area contributed by atoms with Gasteiger partial charge in [-0.2, -0.15) is 0 Å². The maximum Gasteiger partial charge on any atom is 0.322 e. The first-order valence-corrected chi connectivity index (χ1v) is 11.0. The Morgan fingerprint density at radius 2 is 1.83 bits per heavy atom. The summed E-state index contributed by atoms with van der Waals surface area (Å²) in [6.45, 7) is 3.93. The number of sulfone groups is 1. The molecular formula is C20H20ClN3O4S. The van der Waals surface area contributed by atoms with Crippen LogP contribution in [0.2, 0.25) is 5.02 Å². The maximum atomic E-state index is 12.3. The molecule has 0 aliphatic carbocycles. The molecule has 1 aromatic heterocycles. The lowest BCUT2D eigenvalue weighted by Crippen LogP contribution is -2.14. The van der Waals surface area contributed by atoms with Crippen LogP contribution in [0, 0.1) is 13.8 Å². The van der Waals surface area contributed by atoms with Crippen molar-refractivity contribution in [2.75, 3.05) is 11.1 Å². The van der Waals surface area contributed by atoms with E-state index in [0.717, 1.165) is 16.7 Å². The van der Waals surface area contributed by atoms with Crippen LogP contribution in [0.1, 0.15) is 24.0 Å². The minimum atomic E-state index is -3.48. The molecule has 7 nitrogen and oxygen atoms in total. The lowest BCUT2D eigenvalue weighted by atomic mass is 10.1. The molecule has 29 heavy (non-hydrogen) atoms. The number of aromatic nitrogens is 2. The SMILES string of the molecule is Cc1ccc(-c2nnc(NC(=O)CCCS(=O)(=O)c3ccc(Cl)cc3)o2)c(C)c1. The van der Waals surface area contributed by atoms with Crippen molar-refractivity contribution < 1.29 is 17.6 Å². The molecule has 1 N–H and O–H groups in total. The first-order valence-electron chi connectivity index (χ1n) is 8.94. The Hall–Kier alpha value is -2.71. The second-order valence-electron chi connectivity index (χ2n) is 6.66. The van der Waals surface area contributed by atoms with Crippen LogP contribution >= 0.6 is 11.6 Å². The number of halogens is 1. The van der Waals surface area contributed by atoms with Crippen LogP contribution in [-0.2, 0) is 14.6 Å². The Bertz CT molecular complexity index is 1120. The molecule has 1 amide bonds. The molecule has 3 rings (SSSR count). The molecule has 0 bridgehead atoms. The fraction of sp³-hybridized carbons (Fsp3) is 0.250. The maximum absolute atomic E-state index is 12.3. The number of hydrogen-bond acceptors (Lipinski definition) is 6. The molecule has 0 aliphatic heterocycles. The highest BCUT2D eigenvalue weighted by Crippen LogP contribution is 2.24. The third-order valence-corrected chi connectivity index (χ3v) is 6.34. The average Bonchev–Trinajstić information content (AvgIpc) is 3.10. The Labute approximate surface area is 174 Å². The second kappa shape index (κ2) is 8.75. The minimum Gasteiger partial charge on any atom is -0.403 e. The highest BCUT2D eigenvalue weighted by atomic mass is 35.5. The molecule has 0 saturated carbocycles. The van der Waals surface area contributed by atoms with Crippen LogP contribution in [-0.4, -0.2) is 30.3 Å². The van der Waals surface area contributed by atoms with E-state index in [2.05, 4.69) is 15.5 Å². The van der Waals surface area contributed by atoms with Crippen LogP contribution in [0.5, 0.6) is 0 Å². The summed E-state index contributed by atoms with van der Waals surface area (Å²) in [5.41, 5.74) is 2.89. The monoisotopic (exact) mass is 433 g/mol. The zero-order valence-corrected chi connectivity index (χ0v) is 17.5. The average molecular weight is 434 g/mol. The smallest absolute Gasteiger partial charge is 0.322 e. The molecular weight excluding hydrogens is 414 g/mol. The van der Waals surface area contributed by atoms with E-state index < -0.39 is 15.7 Å². The molecule has 0 atom stereocenters.